The zero-order chi connectivity index (χ0) is 12.4. The molecule has 0 spiro atoms. The summed E-state index contributed by atoms with van der Waals surface area (Å²) in [5, 5.41) is 13.1. The van der Waals surface area contributed by atoms with Crippen LogP contribution in [0.3, 0.4) is 0 Å². The number of nitrogens with zero attached hydrogens (tertiary/aromatic N) is 3. The maximum absolute atomic E-state index is 8.79. The van der Waals surface area contributed by atoms with Gasteiger partial charge in [-0.1, -0.05) is 0 Å². The van der Waals surface area contributed by atoms with E-state index >= 15 is 0 Å². The molecule has 3 rings (SSSR count). The fourth-order valence-electron chi connectivity index (χ4n) is 2.47. The van der Waals surface area contributed by atoms with Crippen molar-refractivity contribution in [1.82, 2.24) is 4.98 Å². The summed E-state index contributed by atoms with van der Waals surface area (Å²) >= 11 is 1.74. The molecule has 0 aliphatic carbocycles. The van der Waals surface area contributed by atoms with Gasteiger partial charge in [-0.25, -0.2) is 4.98 Å². The molecule has 2 aromatic rings. The van der Waals surface area contributed by atoms with Gasteiger partial charge >= 0.3 is 0 Å². The summed E-state index contributed by atoms with van der Waals surface area (Å²) in [7, 11) is 0. The monoisotopic (exact) mass is 255 g/mol. The van der Waals surface area contributed by atoms with Crippen LogP contribution < -0.4 is 4.90 Å². The Bertz CT molecular complexity index is 554. The lowest BCUT2D eigenvalue weighted by Crippen LogP contribution is -2.23. The van der Waals surface area contributed by atoms with E-state index in [-0.39, 0.29) is 0 Å². The van der Waals surface area contributed by atoms with Crippen LogP contribution in [-0.4, -0.2) is 11.5 Å². The summed E-state index contributed by atoms with van der Waals surface area (Å²) in [6.07, 6.45) is 4.03. The molecular formula is C14H13N3S. The summed E-state index contributed by atoms with van der Waals surface area (Å²) in [5.41, 5.74) is 1.99. The Hall–Kier alpha value is -1.86. The highest BCUT2D eigenvalue weighted by atomic mass is 32.1. The van der Waals surface area contributed by atoms with E-state index < -0.39 is 0 Å². The molecule has 0 saturated carbocycles. The second kappa shape index (κ2) is 4.79. The molecule has 3 heterocycles. The lowest BCUT2D eigenvalue weighted by Gasteiger charge is -2.25. The first-order chi connectivity index (χ1) is 8.88. The maximum Gasteiger partial charge on any atom is 0.129 e. The topological polar surface area (TPSA) is 39.9 Å². The van der Waals surface area contributed by atoms with Gasteiger partial charge in [0.25, 0.3) is 0 Å². The summed E-state index contributed by atoms with van der Waals surface area (Å²) in [4.78, 5) is 6.73. The smallest absolute Gasteiger partial charge is 0.129 e. The van der Waals surface area contributed by atoms with E-state index in [1.165, 1.54) is 18.4 Å². The quantitative estimate of drug-likeness (QED) is 0.826. The van der Waals surface area contributed by atoms with Crippen LogP contribution in [0, 0.1) is 11.3 Å². The molecule has 0 unspecified atom stereocenters. The SMILES string of the molecule is N#Cc1ccc(N2CCC[C@H]2c2ccsc2)nc1. The minimum atomic E-state index is 0.441. The van der Waals surface area contributed by atoms with E-state index in [1.54, 1.807) is 17.5 Å². The van der Waals surface area contributed by atoms with Crippen molar-refractivity contribution in [2.75, 3.05) is 11.4 Å². The van der Waals surface area contributed by atoms with Gasteiger partial charge in [0.15, 0.2) is 0 Å². The molecule has 90 valence electrons. The Labute approximate surface area is 110 Å². The van der Waals surface area contributed by atoms with Gasteiger partial charge in [0.05, 0.1) is 11.6 Å². The van der Waals surface area contributed by atoms with Crippen molar-refractivity contribution in [2.24, 2.45) is 0 Å². The summed E-state index contributed by atoms with van der Waals surface area (Å²) < 4.78 is 0. The molecule has 3 nitrogen and oxygen atoms in total. The first-order valence-corrected chi connectivity index (χ1v) is 6.97. The standard InChI is InChI=1S/C14H13N3S/c15-8-11-3-4-14(16-9-11)17-6-1-2-13(17)12-5-7-18-10-12/h3-5,7,9-10,13H,1-2,6H2/t13-/m0/s1. The van der Waals surface area contributed by atoms with Gasteiger partial charge in [-0.3, -0.25) is 0 Å². The molecule has 0 bridgehead atoms. The molecule has 0 amide bonds. The number of aromatic nitrogens is 1. The number of hydrogen-bond acceptors (Lipinski definition) is 4. The van der Waals surface area contributed by atoms with Crippen LogP contribution >= 0.6 is 11.3 Å². The zero-order valence-electron chi connectivity index (χ0n) is 9.91. The molecule has 0 aromatic carbocycles. The van der Waals surface area contributed by atoms with E-state index in [1.807, 2.05) is 12.1 Å². The Morgan fingerprint density at radius 3 is 3.00 bits per heavy atom. The Balaban J connectivity index is 1.88. The molecule has 0 N–H and O–H groups in total. The predicted molar refractivity (Wildman–Crippen MR) is 72.6 cm³/mol. The molecular weight excluding hydrogens is 242 g/mol. The van der Waals surface area contributed by atoms with Crippen molar-refractivity contribution in [3.8, 4) is 6.07 Å². The van der Waals surface area contributed by atoms with Gasteiger partial charge in [-0.05, 0) is 47.4 Å². The zero-order valence-corrected chi connectivity index (χ0v) is 10.7. The molecule has 1 fully saturated rings. The number of pyridine rings is 1. The van der Waals surface area contributed by atoms with Crippen LogP contribution in [0.15, 0.2) is 35.2 Å². The second-order valence-electron chi connectivity index (χ2n) is 4.42. The highest BCUT2D eigenvalue weighted by molar-refractivity contribution is 7.08. The van der Waals surface area contributed by atoms with Crippen molar-refractivity contribution < 1.29 is 0 Å². The molecule has 1 atom stereocenters. The minimum absolute atomic E-state index is 0.441. The fourth-order valence-corrected chi connectivity index (χ4v) is 3.18. The Morgan fingerprint density at radius 1 is 1.39 bits per heavy atom. The molecule has 4 heteroatoms. The van der Waals surface area contributed by atoms with Crippen LogP contribution in [0.1, 0.15) is 30.0 Å². The largest absolute Gasteiger partial charge is 0.350 e. The van der Waals surface area contributed by atoms with E-state index in [0.717, 1.165) is 12.4 Å². The first-order valence-electron chi connectivity index (χ1n) is 6.03. The van der Waals surface area contributed by atoms with Crippen molar-refractivity contribution in [1.29, 1.82) is 5.26 Å². The summed E-state index contributed by atoms with van der Waals surface area (Å²) in [6.45, 7) is 1.04. The summed E-state index contributed by atoms with van der Waals surface area (Å²) in [6, 6.07) is 8.52. The lowest BCUT2D eigenvalue weighted by molar-refractivity contribution is 0.714. The molecule has 18 heavy (non-hydrogen) atoms. The van der Waals surface area contributed by atoms with Crippen molar-refractivity contribution in [3.63, 3.8) is 0 Å². The second-order valence-corrected chi connectivity index (χ2v) is 5.21. The molecule has 2 aromatic heterocycles. The number of anilines is 1. The van der Waals surface area contributed by atoms with Crippen molar-refractivity contribution >= 4 is 17.2 Å². The Kier molecular flexibility index (Phi) is 2.99. The van der Waals surface area contributed by atoms with Crippen LogP contribution in [0.2, 0.25) is 0 Å². The van der Waals surface area contributed by atoms with Crippen molar-refractivity contribution in [2.45, 2.75) is 18.9 Å². The predicted octanol–water partition coefficient (Wildman–Crippen LogP) is 3.36. The lowest BCUT2D eigenvalue weighted by atomic mass is 10.1. The van der Waals surface area contributed by atoms with Gasteiger partial charge in [-0.15, -0.1) is 0 Å². The third-order valence-corrected chi connectivity index (χ3v) is 4.05. The van der Waals surface area contributed by atoms with Crippen LogP contribution in [-0.2, 0) is 0 Å². The molecule has 0 radical (unpaired) electrons. The first kappa shape index (κ1) is 11.2. The van der Waals surface area contributed by atoms with Gasteiger partial charge in [-0.2, -0.15) is 16.6 Å². The third-order valence-electron chi connectivity index (χ3n) is 3.35. The molecule has 1 saturated heterocycles. The van der Waals surface area contributed by atoms with Gasteiger partial charge in [0, 0.05) is 12.7 Å². The summed E-state index contributed by atoms with van der Waals surface area (Å²) in [5.74, 6) is 0.975. The maximum atomic E-state index is 8.79. The van der Waals surface area contributed by atoms with Gasteiger partial charge in [0.2, 0.25) is 0 Å². The van der Waals surface area contributed by atoms with E-state index in [0.29, 0.717) is 11.6 Å². The number of hydrogen-bond donors (Lipinski definition) is 0. The van der Waals surface area contributed by atoms with Crippen LogP contribution in [0.5, 0.6) is 0 Å². The van der Waals surface area contributed by atoms with Crippen LogP contribution in [0.25, 0.3) is 0 Å². The van der Waals surface area contributed by atoms with E-state index in [9.17, 15) is 0 Å². The van der Waals surface area contributed by atoms with Crippen LogP contribution in [0.4, 0.5) is 5.82 Å². The average Bonchev–Trinajstić information content (AvgIpc) is 3.09. The van der Waals surface area contributed by atoms with E-state index in [4.69, 9.17) is 5.26 Å². The number of nitriles is 1. The van der Waals surface area contributed by atoms with E-state index in [2.05, 4.69) is 32.8 Å². The van der Waals surface area contributed by atoms with Gasteiger partial charge in [0.1, 0.15) is 11.9 Å². The molecule has 1 aliphatic rings. The minimum Gasteiger partial charge on any atom is -0.350 e. The third kappa shape index (κ3) is 1.98. The molecule has 1 aliphatic heterocycles. The normalized spacial score (nSPS) is 18.8. The Morgan fingerprint density at radius 2 is 2.33 bits per heavy atom. The number of rotatable bonds is 2. The highest BCUT2D eigenvalue weighted by Crippen LogP contribution is 2.35. The average molecular weight is 255 g/mol. The van der Waals surface area contributed by atoms with Crippen molar-refractivity contribution in [3.05, 3.63) is 46.3 Å². The fraction of sp³-hybridized carbons (Fsp3) is 0.286. The van der Waals surface area contributed by atoms with Gasteiger partial charge < -0.3 is 4.90 Å². The highest BCUT2D eigenvalue weighted by Gasteiger charge is 2.27. The number of thiophene rings is 1.